The third kappa shape index (κ3) is 5.27. The summed E-state index contributed by atoms with van der Waals surface area (Å²) in [7, 11) is 0. The van der Waals surface area contributed by atoms with Gasteiger partial charge in [0.1, 0.15) is 34.7 Å². The van der Waals surface area contributed by atoms with Crippen molar-refractivity contribution in [1.29, 1.82) is 0 Å². The van der Waals surface area contributed by atoms with E-state index in [0.29, 0.717) is 28.8 Å². The molecule has 0 aliphatic carbocycles. The maximum absolute atomic E-state index is 14.0. The Kier molecular flexibility index (Phi) is 7.44. The van der Waals surface area contributed by atoms with Crippen LogP contribution in [0.4, 0.5) is 8.78 Å². The van der Waals surface area contributed by atoms with Gasteiger partial charge in [-0.25, -0.2) is 18.7 Å². The van der Waals surface area contributed by atoms with Crippen LogP contribution in [-0.4, -0.2) is 37.6 Å². The molecular weight excluding hydrogens is 514 g/mol. The highest BCUT2D eigenvalue weighted by atomic mass is 35.5. The fraction of sp³-hybridized carbons (Fsp3) is 0.296. The summed E-state index contributed by atoms with van der Waals surface area (Å²) in [5.74, 6) is -0.488. The first kappa shape index (κ1) is 25.9. The molecule has 1 saturated heterocycles. The molecule has 8 nitrogen and oxygen atoms in total. The summed E-state index contributed by atoms with van der Waals surface area (Å²) in [6.07, 6.45) is 6.26. The van der Waals surface area contributed by atoms with Gasteiger partial charge in [-0.05, 0) is 57.5 Å². The Bertz CT molecular complexity index is 1560. The van der Waals surface area contributed by atoms with E-state index in [-0.39, 0.29) is 29.0 Å². The van der Waals surface area contributed by atoms with Crippen molar-refractivity contribution in [3.63, 3.8) is 0 Å². The lowest BCUT2D eigenvalue weighted by Gasteiger charge is -2.21. The first-order chi connectivity index (χ1) is 18.3. The first-order valence-corrected chi connectivity index (χ1v) is 12.6. The van der Waals surface area contributed by atoms with Gasteiger partial charge in [-0.3, -0.25) is 19.3 Å². The second kappa shape index (κ2) is 10.9. The minimum atomic E-state index is -0.848. The number of nitrogens with zero attached hydrogens (tertiary/aromatic N) is 5. The monoisotopic (exact) mass is 538 g/mol. The van der Waals surface area contributed by atoms with Crippen molar-refractivity contribution in [2.24, 2.45) is 0 Å². The third-order valence-corrected chi connectivity index (χ3v) is 6.85. The van der Waals surface area contributed by atoms with Crippen molar-refractivity contribution in [3.8, 4) is 22.8 Å². The Labute approximate surface area is 222 Å². The van der Waals surface area contributed by atoms with Crippen LogP contribution in [0.25, 0.3) is 17.1 Å². The van der Waals surface area contributed by atoms with Crippen LogP contribution < -0.4 is 15.6 Å². The van der Waals surface area contributed by atoms with Gasteiger partial charge in [0.15, 0.2) is 5.82 Å². The molecule has 1 N–H and O–H groups in total. The maximum atomic E-state index is 14.0. The Hall–Kier alpha value is -3.76. The van der Waals surface area contributed by atoms with Crippen LogP contribution >= 0.6 is 11.6 Å². The number of ether oxygens (including phenoxy) is 1. The Morgan fingerprint density at radius 2 is 1.87 bits per heavy atom. The molecule has 0 spiro atoms. The van der Waals surface area contributed by atoms with Gasteiger partial charge >= 0.3 is 0 Å². The normalized spacial score (nSPS) is 14.0. The first-order valence-electron chi connectivity index (χ1n) is 12.2. The number of rotatable bonds is 6. The average molecular weight is 539 g/mol. The van der Waals surface area contributed by atoms with E-state index >= 15 is 0 Å². The van der Waals surface area contributed by atoms with E-state index < -0.39 is 17.2 Å². The molecule has 4 aromatic heterocycles. The molecule has 1 aliphatic rings. The molecule has 1 fully saturated rings. The highest BCUT2D eigenvalue weighted by Gasteiger charge is 2.20. The maximum Gasteiger partial charge on any atom is 0.277 e. The Morgan fingerprint density at radius 3 is 2.63 bits per heavy atom. The van der Waals surface area contributed by atoms with E-state index in [9.17, 15) is 13.6 Å². The van der Waals surface area contributed by atoms with Crippen molar-refractivity contribution >= 4 is 11.6 Å². The molecule has 1 aliphatic heterocycles. The number of aryl methyl sites for hydroxylation is 2. The molecule has 0 unspecified atom stereocenters. The predicted octanol–water partition coefficient (Wildman–Crippen LogP) is 4.68. The molecule has 38 heavy (non-hydrogen) atoms. The zero-order chi connectivity index (χ0) is 26.8. The minimum absolute atomic E-state index is 0.0743. The molecule has 5 rings (SSSR count). The summed E-state index contributed by atoms with van der Waals surface area (Å²) in [4.78, 5) is 30.9. The molecule has 0 amide bonds. The highest BCUT2D eigenvalue weighted by Crippen LogP contribution is 2.28. The van der Waals surface area contributed by atoms with E-state index in [0.717, 1.165) is 43.5 Å². The van der Waals surface area contributed by atoms with E-state index in [2.05, 4.69) is 20.3 Å². The summed E-state index contributed by atoms with van der Waals surface area (Å²) in [6.45, 7) is 5.13. The zero-order valence-corrected chi connectivity index (χ0v) is 21.6. The second-order valence-corrected chi connectivity index (χ2v) is 9.53. The molecule has 4 aromatic rings. The fourth-order valence-electron chi connectivity index (χ4n) is 4.47. The average Bonchev–Trinajstić information content (AvgIpc) is 2.92. The smallest absolute Gasteiger partial charge is 0.277 e. The molecule has 0 atom stereocenters. The van der Waals surface area contributed by atoms with Crippen LogP contribution in [-0.2, 0) is 6.61 Å². The van der Waals surface area contributed by atoms with E-state index in [1.807, 2.05) is 6.92 Å². The standard InChI is InChI=1S/C27H25ClF2N6O2/c1-15-12-33-21(20-5-8-32-26(35-20)17-3-6-31-7-4-17)11-23(15)36-16(2)9-24(25(28)27(36)37)38-14-22-19(30)10-18(29)13-34-22/h5,8-13,17,31H,3-4,6-7,14H2,1-2H3. The van der Waals surface area contributed by atoms with Crippen LogP contribution in [0.3, 0.4) is 0 Å². The van der Waals surface area contributed by atoms with Crippen molar-refractivity contribution in [3.05, 3.63) is 92.6 Å². The molecular formula is C27H25ClF2N6O2. The number of halogens is 3. The number of pyridine rings is 3. The topological polar surface area (TPSA) is 94.8 Å². The number of hydrogen-bond acceptors (Lipinski definition) is 7. The lowest BCUT2D eigenvalue weighted by atomic mass is 9.97. The summed E-state index contributed by atoms with van der Waals surface area (Å²) in [5.41, 5.74) is 2.55. The van der Waals surface area contributed by atoms with Crippen LogP contribution in [0.2, 0.25) is 5.02 Å². The lowest BCUT2D eigenvalue weighted by molar-refractivity contribution is 0.292. The van der Waals surface area contributed by atoms with Gasteiger partial charge in [-0.2, -0.15) is 0 Å². The van der Waals surface area contributed by atoms with E-state index in [4.69, 9.17) is 21.3 Å². The van der Waals surface area contributed by atoms with Gasteiger partial charge in [0.05, 0.1) is 23.3 Å². The molecule has 0 saturated carbocycles. The van der Waals surface area contributed by atoms with Gasteiger partial charge in [0.25, 0.3) is 5.56 Å². The summed E-state index contributed by atoms with van der Waals surface area (Å²) in [6, 6.07) is 5.90. The third-order valence-electron chi connectivity index (χ3n) is 6.50. The predicted molar refractivity (Wildman–Crippen MR) is 139 cm³/mol. The van der Waals surface area contributed by atoms with Crippen molar-refractivity contribution in [1.82, 2.24) is 29.8 Å². The molecule has 5 heterocycles. The van der Waals surface area contributed by atoms with Crippen molar-refractivity contribution < 1.29 is 13.5 Å². The van der Waals surface area contributed by atoms with Crippen LogP contribution in [0.5, 0.6) is 5.75 Å². The number of hydrogen-bond donors (Lipinski definition) is 1. The minimum Gasteiger partial charge on any atom is -0.485 e. The van der Waals surface area contributed by atoms with Crippen molar-refractivity contribution in [2.45, 2.75) is 39.2 Å². The van der Waals surface area contributed by atoms with Crippen LogP contribution in [0.1, 0.15) is 41.5 Å². The molecule has 196 valence electrons. The van der Waals surface area contributed by atoms with E-state index in [1.54, 1.807) is 37.5 Å². The van der Waals surface area contributed by atoms with Crippen LogP contribution in [0.15, 0.2) is 47.7 Å². The van der Waals surface area contributed by atoms with Crippen LogP contribution in [0, 0.1) is 25.5 Å². The van der Waals surface area contributed by atoms with E-state index in [1.165, 1.54) is 4.57 Å². The van der Waals surface area contributed by atoms with Gasteiger partial charge in [0.2, 0.25) is 0 Å². The summed E-state index contributed by atoms with van der Waals surface area (Å²) < 4.78 is 34.1. The lowest BCUT2D eigenvalue weighted by Crippen LogP contribution is -2.27. The number of piperidine rings is 1. The summed E-state index contributed by atoms with van der Waals surface area (Å²) in [5, 5.41) is 3.17. The Balaban J connectivity index is 1.47. The highest BCUT2D eigenvalue weighted by molar-refractivity contribution is 6.31. The number of aromatic nitrogens is 5. The molecule has 0 bridgehead atoms. The summed E-state index contributed by atoms with van der Waals surface area (Å²) >= 11 is 6.39. The molecule has 0 aromatic carbocycles. The Morgan fingerprint density at radius 1 is 1.08 bits per heavy atom. The van der Waals surface area contributed by atoms with Gasteiger partial charge in [-0.15, -0.1) is 0 Å². The van der Waals surface area contributed by atoms with Gasteiger partial charge in [-0.1, -0.05) is 11.6 Å². The fourth-order valence-corrected chi connectivity index (χ4v) is 4.66. The second-order valence-electron chi connectivity index (χ2n) is 9.16. The number of nitrogens with one attached hydrogen (secondary N) is 1. The van der Waals surface area contributed by atoms with Gasteiger partial charge in [0, 0.05) is 36.1 Å². The van der Waals surface area contributed by atoms with Gasteiger partial charge < -0.3 is 10.1 Å². The molecule has 11 heteroatoms. The quantitative estimate of drug-likeness (QED) is 0.381. The largest absolute Gasteiger partial charge is 0.485 e. The van der Waals surface area contributed by atoms with Crippen molar-refractivity contribution in [2.75, 3.05) is 13.1 Å². The zero-order valence-electron chi connectivity index (χ0n) is 20.8. The SMILES string of the molecule is Cc1cnc(-c2ccnc(C3CCNCC3)n2)cc1-n1c(C)cc(OCc2ncc(F)cc2F)c(Cl)c1=O. The molecule has 0 radical (unpaired) electrons.